The van der Waals surface area contributed by atoms with Crippen molar-refractivity contribution in [3.63, 3.8) is 0 Å². The molecule has 0 fully saturated rings. The number of methoxy groups -OCH3 is 1. The van der Waals surface area contributed by atoms with Crippen molar-refractivity contribution < 1.29 is 19.7 Å². The average Bonchev–Trinajstić information content (AvgIpc) is 2.58. The number of hydrogen-bond acceptors (Lipinski definition) is 4. The quantitative estimate of drug-likeness (QED) is 0.787. The van der Waals surface area contributed by atoms with E-state index in [0.29, 0.717) is 30.9 Å². The number of aryl methyl sites for hydroxylation is 1. The summed E-state index contributed by atoms with van der Waals surface area (Å²) in [5, 5.41) is 18.5. The van der Waals surface area contributed by atoms with Gasteiger partial charge in [0.15, 0.2) is 11.5 Å². The first-order valence-corrected chi connectivity index (χ1v) is 7.36. The first kappa shape index (κ1) is 16.3. The molecule has 0 unspecified atom stereocenters. The molecule has 0 bridgehead atoms. The third-order valence-electron chi connectivity index (χ3n) is 3.46. The number of rotatable bonds is 8. The van der Waals surface area contributed by atoms with Crippen LogP contribution in [0.2, 0.25) is 0 Å². The first-order chi connectivity index (χ1) is 10.7. The zero-order valence-corrected chi connectivity index (χ0v) is 12.7. The maximum absolute atomic E-state index is 9.52. The van der Waals surface area contributed by atoms with Crippen LogP contribution in [0.25, 0.3) is 0 Å². The Hall–Kier alpha value is -2.04. The Balaban J connectivity index is 2.12. The standard InChI is InChI=1S/C18H22O4/c1-21-17-9-5-8-15(10-11-16(20)12-19)18(17)22-13-14-6-3-2-4-7-14/h2-9,16,19-20H,10-13H2,1H3/t16-/m0/s1. The number of benzene rings is 2. The van der Waals surface area contributed by atoms with Crippen LogP contribution in [0.1, 0.15) is 17.5 Å². The minimum Gasteiger partial charge on any atom is -0.493 e. The highest BCUT2D eigenvalue weighted by atomic mass is 16.5. The lowest BCUT2D eigenvalue weighted by molar-refractivity contribution is 0.0883. The Morgan fingerprint density at radius 1 is 1.05 bits per heavy atom. The van der Waals surface area contributed by atoms with Gasteiger partial charge >= 0.3 is 0 Å². The zero-order chi connectivity index (χ0) is 15.8. The van der Waals surface area contributed by atoms with Crippen molar-refractivity contribution in [2.75, 3.05) is 13.7 Å². The van der Waals surface area contributed by atoms with E-state index in [0.717, 1.165) is 11.1 Å². The number of ether oxygens (including phenoxy) is 2. The Morgan fingerprint density at radius 3 is 2.50 bits per heavy atom. The summed E-state index contributed by atoms with van der Waals surface area (Å²) in [4.78, 5) is 0. The molecule has 0 radical (unpaired) electrons. The van der Waals surface area contributed by atoms with Crippen LogP contribution in [0, 0.1) is 0 Å². The summed E-state index contributed by atoms with van der Waals surface area (Å²) >= 11 is 0. The molecular weight excluding hydrogens is 280 g/mol. The van der Waals surface area contributed by atoms with Gasteiger partial charge in [0.05, 0.1) is 19.8 Å². The van der Waals surface area contributed by atoms with Gasteiger partial charge in [0.2, 0.25) is 0 Å². The summed E-state index contributed by atoms with van der Waals surface area (Å²) < 4.78 is 11.3. The van der Waals surface area contributed by atoms with E-state index in [2.05, 4.69) is 0 Å². The van der Waals surface area contributed by atoms with Gasteiger partial charge in [-0.05, 0) is 30.0 Å². The van der Waals surface area contributed by atoms with Gasteiger partial charge in [0.25, 0.3) is 0 Å². The molecule has 0 amide bonds. The molecule has 0 saturated heterocycles. The van der Waals surface area contributed by atoms with Crippen LogP contribution in [-0.2, 0) is 13.0 Å². The van der Waals surface area contributed by atoms with E-state index in [4.69, 9.17) is 14.6 Å². The van der Waals surface area contributed by atoms with Crippen molar-refractivity contribution in [3.05, 3.63) is 59.7 Å². The zero-order valence-electron chi connectivity index (χ0n) is 12.7. The number of hydrogen-bond donors (Lipinski definition) is 2. The third kappa shape index (κ3) is 4.48. The summed E-state index contributed by atoms with van der Waals surface area (Å²) in [5.74, 6) is 1.37. The van der Waals surface area contributed by atoms with Crippen molar-refractivity contribution in [1.29, 1.82) is 0 Å². The van der Waals surface area contributed by atoms with E-state index >= 15 is 0 Å². The number of aliphatic hydroxyl groups excluding tert-OH is 2. The van der Waals surface area contributed by atoms with Crippen LogP contribution in [0.4, 0.5) is 0 Å². The minimum absolute atomic E-state index is 0.232. The SMILES string of the molecule is COc1cccc(CC[C@H](O)CO)c1OCc1ccccc1. The Kier molecular flexibility index (Phi) is 6.25. The molecule has 4 heteroatoms. The predicted octanol–water partition coefficient (Wildman–Crippen LogP) is 2.56. The summed E-state index contributed by atoms with van der Waals surface area (Å²) in [7, 11) is 1.61. The predicted molar refractivity (Wildman–Crippen MR) is 85.2 cm³/mol. The molecule has 0 spiro atoms. The molecule has 2 N–H and O–H groups in total. The van der Waals surface area contributed by atoms with Crippen LogP contribution >= 0.6 is 0 Å². The lowest BCUT2D eigenvalue weighted by atomic mass is 10.1. The summed E-state index contributed by atoms with van der Waals surface area (Å²) in [6.45, 7) is 0.223. The highest BCUT2D eigenvalue weighted by Crippen LogP contribution is 2.32. The summed E-state index contributed by atoms with van der Waals surface area (Å²) in [6.07, 6.45) is 0.377. The van der Waals surface area contributed by atoms with E-state index < -0.39 is 6.10 Å². The van der Waals surface area contributed by atoms with Gasteiger partial charge in [0, 0.05) is 0 Å². The van der Waals surface area contributed by atoms with E-state index in [1.165, 1.54) is 0 Å². The molecule has 4 nitrogen and oxygen atoms in total. The smallest absolute Gasteiger partial charge is 0.164 e. The first-order valence-electron chi connectivity index (χ1n) is 7.36. The van der Waals surface area contributed by atoms with Gasteiger partial charge in [-0.3, -0.25) is 0 Å². The second-order valence-corrected chi connectivity index (χ2v) is 5.10. The summed E-state index contributed by atoms with van der Waals surface area (Å²) in [6, 6.07) is 15.6. The molecule has 2 aromatic carbocycles. The maximum atomic E-state index is 9.52. The molecule has 1 atom stereocenters. The van der Waals surface area contributed by atoms with Crippen molar-refractivity contribution in [2.24, 2.45) is 0 Å². The van der Waals surface area contributed by atoms with Crippen LogP contribution in [0.5, 0.6) is 11.5 Å². The Morgan fingerprint density at radius 2 is 1.82 bits per heavy atom. The van der Waals surface area contributed by atoms with Crippen LogP contribution in [0.3, 0.4) is 0 Å². The fraction of sp³-hybridized carbons (Fsp3) is 0.333. The molecule has 2 aromatic rings. The van der Waals surface area contributed by atoms with Crippen LogP contribution in [0.15, 0.2) is 48.5 Å². The third-order valence-corrected chi connectivity index (χ3v) is 3.46. The number of aliphatic hydroxyl groups is 2. The highest BCUT2D eigenvalue weighted by molar-refractivity contribution is 5.46. The molecule has 0 saturated carbocycles. The van der Waals surface area contributed by atoms with E-state index in [1.807, 2.05) is 48.5 Å². The van der Waals surface area contributed by atoms with Crippen LogP contribution < -0.4 is 9.47 Å². The molecular formula is C18H22O4. The number of para-hydroxylation sites is 1. The van der Waals surface area contributed by atoms with E-state index in [-0.39, 0.29) is 6.61 Å². The van der Waals surface area contributed by atoms with E-state index in [1.54, 1.807) is 7.11 Å². The van der Waals surface area contributed by atoms with Crippen molar-refractivity contribution in [2.45, 2.75) is 25.6 Å². The molecule has 118 valence electrons. The average molecular weight is 302 g/mol. The second kappa shape index (κ2) is 8.41. The van der Waals surface area contributed by atoms with Gasteiger partial charge in [-0.15, -0.1) is 0 Å². The highest BCUT2D eigenvalue weighted by Gasteiger charge is 2.12. The molecule has 0 aliphatic rings. The van der Waals surface area contributed by atoms with Gasteiger partial charge in [-0.25, -0.2) is 0 Å². The second-order valence-electron chi connectivity index (χ2n) is 5.10. The van der Waals surface area contributed by atoms with Crippen molar-refractivity contribution >= 4 is 0 Å². The van der Waals surface area contributed by atoms with Crippen molar-refractivity contribution in [3.8, 4) is 11.5 Å². The normalized spacial score (nSPS) is 12.0. The van der Waals surface area contributed by atoms with E-state index in [9.17, 15) is 5.11 Å². The summed E-state index contributed by atoms with van der Waals surface area (Å²) in [5.41, 5.74) is 2.04. The maximum Gasteiger partial charge on any atom is 0.164 e. The lowest BCUT2D eigenvalue weighted by Crippen LogP contribution is -2.13. The van der Waals surface area contributed by atoms with Gasteiger partial charge in [-0.2, -0.15) is 0 Å². The van der Waals surface area contributed by atoms with Gasteiger partial charge < -0.3 is 19.7 Å². The lowest BCUT2D eigenvalue weighted by Gasteiger charge is -2.16. The molecule has 22 heavy (non-hydrogen) atoms. The molecule has 0 aliphatic carbocycles. The van der Waals surface area contributed by atoms with Gasteiger partial charge in [-0.1, -0.05) is 42.5 Å². The molecule has 0 heterocycles. The monoisotopic (exact) mass is 302 g/mol. The molecule has 0 aliphatic heterocycles. The van der Waals surface area contributed by atoms with Gasteiger partial charge in [0.1, 0.15) is 6.61 Å². The van der Waals surface area contributed by atoms with Crippen LogP contribution in [-0.4, -0.2) is 30.0 Å². The molecule has 0 aromatic heterocycles. The Labute approximate surface area is 130 Å². The minimum atomic E-state index is -0.715. The topological polar surface area (TPSA) is 58.9 Å². The molecule has 2 rings (SSSR count). The largest absolute Gasteiger partial charge is 0.493 e. The fourth-order valence-electron chi connectivity index (χ4n) is 2.23. The van der Waals surface area contributed by atoms with Crippen molar-refractivity contribution in [1.82, 2.24) is 0 Å². The fourth-order valence-corrected chi connectivity index (χ4v) is 2.23. The Bertz CT molecular complexity index is 569.